The summed E-state index contributed by atoms with van der Waals surface area (Å²) in [5.74, 6) is -0.307. The normalized spacial score (nSPS) is 12.0. The summed E-state index contributed by atoms with van der Waals surface area (Å²) in [6, 6.07) is 5.66. The van der Waals surface area contributed by atoms with E-state index in [9.17, 15) is 4.79 Å². The van der Waals surface area contributed by atoms with Crippen molar-refractivity contribution < 1.29 is 9.53 Å². The molecule has 1 N–H and O–H groups in total. The molecule has 0 saturated heterocycles. The van der Waals surface area contributed by atoms with Gasteiger partial charge in [-0.3, -0.25) is 4.79 Å². The van der Waals surface area contributed by atoms with Gasteiger partial charge in [-0.2, -0.15) is 0 Å². The van der Waals surface area contributed by atoms with Crippen molar-refractivity contribution in [3.8, 4) is 0 Å². The minimum absolute atomic E-state index is 0.126. The molecule has 0 aromatic heterocycles. The van der Waals surface area contributed by atoms with Crippen LogP contribution < -0.4 is 5.32 Å². The van der Waals surface area contributed by atoms with E-state index in [1.807, 2.05) is 32.0 Å². The molecule has 0 saturated carbocycles. The molecule has 0 aliphatic rings. The van der Waals surface area contributed by atoms with Crippen LogP contribution in [0, 0.1) is 12.8 Å². The van der Waals surface area contributed by atoms with Gasteiger partial charge in [0.25, 0.3) is 0 Å². The number of esters is 1. The van der Waals surface area contributed by atoms with Crippen LogP contribution in [0.15, 0.2) is 18.2 Å². The molecular weight excluding hydrogens is 238 g/mol. The Hall–Kier alpha value is -1.22. The number of carbonyl (C=O) groups is 1. The molecule has 1 aromatic rings. The fourth-order valence-corrected chi connectivity index (χ4v) is 1.75. The van der Waals surface area contributed by atoms with E-state index in [2.05, 4.69) is 5.32 Å². The number of benzene rings is 1. The van der Waals surface area contributed by atoms with E-state index >= 15 is 0 Å². The maximum absolute atomic E-state index is 11.4. The molecule has 3 nitrogen and oxygen atoms in total. The zero-order valence-corrected chi connectivity index (χ0v) is 11.2. The molecule has 0 radical (unpaired) electrons. The minimum atomic E-state index is -0.181. The first-order valence-electron chi connectivity index (χ1n) is 5.66. The highest BCUT2D eigenvalue weighted by Crippen LogP contribution is 2.20. The van der Waals surface area contributed by atoms with Crippen LogP contribution in [-0.4, -0.2) is 19.6 Å². The predicted octanol–water partition coefficient (Wildman–Crippen LogP) is 3.26. The smallest absolute Gasteiger partial charge is 0.310 e. The summed E-state index contributed by atoms with van der Waals surface area (Å²) >= 11 is 5.92. The standard InChI is InChI=1S/C13H18ClNO2/c1-4-10(13(16)17-3)8-15-12-7-11(14)6-5-9(12)2/h5-7,10,15H,4,8H2,1-3H3. The lowest BCUT2D eigenvalue weighted by molar-refractivity contribution is -0.145. The Labute approximate surface area is 107 Å². The molecule has 0 fully saturated rings. The third-order valence-electron chi connectivity index (χ3n) is 2.77. The first kappa shape index (κ1) is 13.8. The predicted molar refractivity (Wildman–Crippen MR) is 70.5 cm³/mol. The molecule has 94 valence electrons. The molecule has 1 atom stereocenters. The zero-order chi connectivity index (χ0) is 12.8. The summed E-state index contributed by atoms with van der Waals surface area (Å²) in [5, 5.41) is 3.92. The van der Waals surface area contributed by atoms with Gasteiger partial charge in [-0.25, -0.2) is 0 Å². The third kappa shape index (κ3) is 3.93. The van der Waals surface area contributed by atoms with Gasteiger partial charge in [0, 0.05) is 17.3 Å². The lowest BCUT2D eigenvalue weighted by Gasteiger charge is -2.15. The Bertz CT molecular complexity index is 393. The highest BCUT2D eigenvalue weighted by atomic mass is 35.5. The molecule has 17 heavy (non-hydrogen) atoms. The van der Waals surface area contributed by atoms with Gasteiger partial charge >= 0.3 is 5.97 Å². The maximum atomic E-state index is 11.4. The average Bonchev–Trinajstić information content (AvgIpc) is 2.33. The van der Waals surface area contributed by atoms with Crippen LogP contribution in [0.1, 0.15) is 18.9 Å². The van der Waals surface area contributed by atoms with Gasteiger partial charge in [0.2, 0.25) is 0 Å². The van der Waals surface area contributed by atoms with Crippen molar-refractivity contribution >= 4 is 23.3 Å². The molecule has 0 amide bonds. The van der Waals surface area contributed by atoms with Crippen molar-refractivity contribution in [3.63, 3.8) is 0 Å². The third-order valence-corrected chi connectivity index (χ3v) is 3.00. The number of aryl methyl sites for hydroxylation is 1. The van der Waals surface area contributed by atoms with Gasteiger partial charge in [0.05, 0.1) is 13.0 Å². The second-order valence-corrected chi connectivity index (χ2v) is 4.40. The fourth-order valence-electron chi connectivity index (χ4n) is 1.58. The minimum Gasteiger partial charge on any atom is -0.469 e. The topological polar surface area (TPSA) is 38.3 Å². The van der Waals surface area contributed by atoms with E-state index in [1.165, 1.54) is 7.11 Å². The lowest BCUT2D eigenvalue weighted by atomic mass is 10.1. The Morgan fingerprint density at radius 2 is 2.24 bits per heavy atom. The van der Waals surface area contributed by atoms with Crippen LogP contribution in [0.5, 0.6) is 0 Å². The fraction of sp³-hybridized carbons (Fsp3) is 0.462. The van der Waals surface area contributed by atoms with Crippen LogP contribution in [0.3, 0.4) is 0 Å². The highest BCUT2D eigenvalue weighted by Gasteiger charge is 2.16. The quantitative estimate of drug-likeness (QED) is 0.821. The number of rotatable bonds is 5. The monoisotopic (exact) mass is 255 g/mol. The Morgan fingerprint density at radius 3 is 2.82 bits per heavy atom. The van der Waals surface area contributed by atoms with E-state index in [4.69, 9.17) is 16.3 Å². The molecule has 0 bridgehead atoms. The molecule has 1 unspecified atom stereocenters. The number of halogens is 1. The van der Waals surface area contributed by atoms with Gasteiger partial charge in [-0.15, -0.1) is 0 Å². The van der Waals surface area contributed by atoms with Gasteiger partial charge < -0.3 is 10.1 Å². The van der Waals surface area contributed by atoms with Crippen molar-refractivity contribution in [2.24, 2.45) is 5.92 Å². The molecule has 0 aliphatic carbocycles. The molecule has 1 rings (SSSR count). The van der Waals surface area contributed by atoms with E-state index < -0.39 is 0 Å². The van der Waals surface area contributed by atoms with Gasteiger partial charge in [-0.05, 0) is 31.0 Å². The molecule has 1 aromatic carbocycles. The highest BCUT2D eigenvalue weighted by molar-refractivity contribution is 6.30. The summed E-state index contributed by atoms with van der Waals surface area (Å²) in [4.78, 5) is 11.4. The Morgan fingerprint density at radius 1 is 1.53 bits per heavy atom. The summed E-state index contributed by atoms with van der Waals surface area (Å²) in [6.07, 6.45) is 0.749. The van der Waals surface area contributed by atoms with Crippen molar-refractivity contribution in [2.45, 2.75) is 20.3 Å². The van der Waals surface area contributed by atoms with Crippen molar-refractivity contribution in [3.05, 3.63) is 28.8 Å². The van der Waals surface area contributed by atoms with E-state index in [1.54, 1.807) is 0 Å². The maximum Gasteiger partial charge on any atom is 0.310 e. The van der Waals surface area contributed by atoms with E-state index in [-0.39, 0.29) is 11.9 Å². The average molecular weight is 256 g/mol. The number of anilines is 1. The summed E-state index contributed by atoms with van der Waals surface area (Å²) in [5.41, 5.74) is 2.06. The molecule has 0 heterocycles. The lowest BCUT2D eigenvalue weighted by Crippen LogP contribution is -2.23. The number of carbonyl (C=O) groups excluding carboxylic acids is 1. The molecule has 4 heteroatoms. The number of nitrogens with one attached hydrogen (secondary N) is 1. The van der Waals surface area contributed by atoms with Crippen molar-refractivity contribution in [1.82, 2.24) is 0 Å². The van der Waals surface area contributed by atoms with E-state index in [0.717, 1.165) is 17.7 Å². The molecular formula is C13H18ClNO2. The number of hydrogen-bond acceptors (Lipinski definition) is 3. The van der Waals surface area contributed by atoms with Crippen LogP contribution in [0.4, 0.5) is 5.69 Å². The number of hydrogen-bond donors (Lipinski definition) is 1. The molecule has 0 spiro atoms. The first-order valence-corrected chi connectivity index (χ1v) is 6.04. The van der Waals surface area contributed by atoms with Gasteiger partial charge in [-0.1, -0.05) is 24.6 Å². The van der Waals surface area contributed by atoms with Crippen LogP contribution in [0.2, 0.25) is 5.02 Å². The number of methoxy groups -OCH3 is 1. The second-order valence-electron chi connectivity index (χ2n) is 3.97. The van der Waals surface area contributed by atoms with Crippen molar-refractivity contribution in [1.29, 1.82) is 0 Å². The summed E-state index contributed by atoms with van der Waals surface area (Å²) in [6.45, 7) is 4.52. The first-order chi connectivity index (χ1) is 8.08. The van der Waals surface area contributed by atoms with Crippen molar-refractivity contribution in [2.75, 3.05) is 19.0 Å². The Balaban J connectivity index is 2.65. The zero-order valence-electron chi connectivity index (χ0n) is 10.4. The number of ether oxygens (including phenoxy) is 1. The van der Waals surface area contributed by atoms with Crippen LogP contribution in [-0.2, 0) is 9.53 Å². The van der Waals surface area contributed by atoms with Gasteiger partial charge in [0.1, 0.15) is 0 Å². The summed E-state index contributed by atoms with van der Waals surface area (Å²) in [7, 11) is 1.41. The van der Waals surface area contributed by atoms with Crippen LogP contribution in [0.25, 0.3) is 0 Å². The van der Waals surface area contributed by atoms with Crippen LogP contribution >= 0.6 is 11.6 Å². The van der Waals surface area contributed by atoms with E-state index in [0.29, 0.717) is 11.6 Å². The summed E-state index contributed by atoms with van der Waals surface area (Å²) < 4.78 is 4.74. The second kappa shape index (κ2) is 6.50. The largest absolute Gasteiger partial charge is 0.469 e. The SMILES string of the molecule is CCC(CNc1cc(Cl)ccc1C)C(=O)OC. The Kier molecular flexibility index (Phi) is 5.29. The van der Waals surface area contributed by atoms with Gasteiger partial charge in [0.15, 0.2) is 0 Å². The molecule has 0 aliphatic heterocycles.